The molecule has 0 radical (unpaired) electrons. The van der Waals surface area contributed by atoms with Crippen molar-refractivity contribution in [1.29, 1.82) is 0 Å². The van der Waals surface area contributed by atoms with Crippen molar-refractivity contribution < 1.29 is 103 Å². The maximum Gasteiger partial charge on any atom is 4.00 e. The monoisotopic (exact) mass is 582 g/mol. The Labute approximate surface area is 130 Å². The molecule has 13 heavy (non-hydrogen) atoms. The van der Waals surface area contributed by atoms with Crippen LogP contribution in [0.2, 0.25) is 0 Å². The summed E-state index contributed by atoms with van der Waals surface area (Å²) in [7, 11) is 0. The first kappa shape index (κ1) is 29.7. The van der Waals surface area contributed by atoms with Crippen LogP contribution in [0.1, 0.15) is 0 Å². The molecule has 0 aromatic rings. The van der Waals surface area contributed by atoms with Crippen LogP contribution in [-0.4, -0.2) is 29.0 Å². The van der Waals surface area contributed by atoms with Crippen LogP contribution in [0.4, 0.5) is 0 Å². The van der Waals surface area contributed by atoms with Crippen molar-refractivity contribution in [2.75, 3.05) is 0 Å². The molecule has 0 heterocycles. The molecule has 84 valence electrons. The zero-order chi connectivity index (χ0) is 9.00. The summed E-state index contributed by atoms with van der Waals surface area (Å²) in [6.07, 6.45) is 0. The van der Waals surface area contributed by atoms with Crippen LogP contribution in [0, 0.1) is 0 Å². The van der Waals surface area contributed by atoms with E-state index in [0.717, 1.165) is 0 Å². The van der Waals surface area contributed by atoms with Crippen LogP contribution in [-0.2, 0) is 78.4 Å². The first-order valence-corrected chi connectivity index (χ1v) is 7.59. The van der Waals surface area contributed by atoms with Gasteiger partial charge in [-0.15, -0.1) is 0 Å². The Morgan fingerprint density at radius 3 is 0.615 bits per heavy atom. The summed E-state index contributed by atoms with van der Waals surface area (Å²) in [6.45, 7) is 0. The van der Waals surface area contributed by atoms with Crippen LogP contribution in [0.15, 0.2) is 0 Å². The number of hydrogen-bond donors (Lipinski definition) is 0. The van der Waals surface area contributed by atoms with E-state index >= 15 is 0 Å². The smallest absolute Gasteiger partial charge is 1.00 e. The third-order valence-corrected chi connectivity index (χ3v) is 0. The average molecular weight is 585 g/mol. The third-order valence-electron chi connectivity index (χ3n) is 0. The van der Waals surface area contributed by atoms with Gasteiger partial charge in [-0.1, -0.05) is 0 Å². The van der Waals surface area contributed by atoms with E-state index in [9.17, 15) is 0 Å². The Hall–Kier alpha value is 2.84. The second-order valence-electron chi connectivity index (χ2n) is 0.894. The molecule has 0 rings (SSSR count). The van der Waals surface area contributed by atoms with Crippen LogP contribution in [0.3, 0.4) is 0 Å². The molecule has 0 aliphatic rings. The SMILES string of the molecule is O=[As]([O-])([O-])[O-].O=[As]([O-])([O-])[O-].[Ag+].[Ag+].[Zr+4]. The maximum absolute atomic E-state index is 8.61. The van der Waals surface area contributed by atoms with Gasteiger partial charge in [-0.3, -0.25) is 0 Å². The molecule has 0 bridgehead atoms. The Morgan fingerprint density at radius 2 is 0.615 bits per heavy atom. The molecule has 8 nitrogen and oxygen atoms in total. The van der Waals surface area contributed by atoms with Crippen molar-refractivity contribution in [2.45, 2.75) is 0 Å². The zero-order valence-corrected chi connectivity index (χ0v) is 14.4. The molecule has 0 aliphatic carbocycles. The summed E-state index contributed by atoms with van der Waals surface area (Å²) in [5.74, 6) is 0. The van der Waals surface area contributed by atoms with E-state index in [2.05, 4.69) is 0 Å². The zero-order valence-electron chi connectivity index (χ0n) is 5.26. The van der Waals surface area contributed by atoms with Gasteiger partial charge >= 0.3 is 132 Å². The van der Waals surface area contributed by atoms with Gasteiger partial charge in [-0.05, 0) is 0 Å². The molecule has 0 aromatic heterocycles. The van der Waals surface area contributed by atoms with Gasteiger partial charge in [0.2, 0.25) is 0 Å². The van der Waals surface area contributed by atoms with Gasteiger partial charge < -0.3 is 0 Å². The minimum absolute atomic E-state index is 0. The number of rotatable bonds is 0. The number of hydrogen-bond acceptors (Lipinski definition) is 8. The van der Waals surface area contributed by atoms with E-state index in [0.29, 0.717) is 0 Å². The normalized spacial score (nSPS) is 9.08. The fourth-order valence-corrected chi connectivity index (χ4v) is 0. The minimum atomic E-state index is -5.88. The first-order valence-electron chi connectivity index (χ1n) is 1.46. The van der Waals surface area contributed by atoms with Gasteiger partial charge in [-0.2, -0.15) is 0 Å². The molecule has 0 N–H and O–H groups in total. The van der Waals surface area contributed by atoms with Crippen LogP contribution in [0.5, 0.6) is 0 Å². The van der Waals surface area contributed by atoms with E-state index in [-0.39, 0.29) is 71.0 Å². The van der Waals surface area contributed by atoms with Gasteiger partial charge in [-0.25, -0.2) is 0 Å². The van der Waals surface area contributed by atoms with Gasteiger partial charge in [0.1, 0.15) is 0 Å². The molecule has 13 heteroatoms. The molecule has 0 atom stereocenters. The molecule has 0 aliphatic heterocycles. The van der Waals surface area contributed by atoms with Crippen molar-refractivity contribution in [3.05, 3.63) is 0 Å². The summed E-state index contributed by atoms with van der Waals surface area (Å²) in [6, 6.07) is 0. The second-order valence-corrected chi connectivity index (χ2v) is 4.65. The van der Waals surface area contributed by atoms with Crippen molar-refractivity contribution in [3.63, 3.8) is 0 Å². The summed E-state index contributed by atoms with van der Waals surface area (Å²) < 4.78 is 68.9. The van der Waals surface area contributed by atoms with Gasteiger partial charge in [0.05, 0.1) is 0 Å². The Balaban J connectivity index is -0.0000000267. The molecule has 0 saturated carbocycles. The molecular weight excluding hydrogens is 585 g/mol. The van der Waals surface area contributed by atoms with Crippen LogP contribution in [0.25, 0.3) is 0 Å². The standard InChI is InChI=1S/2Ag.2AsH3O4.Zr/c;;2*2-1(3,4)5;/h;;2*(H3,2,3,4,5);/q2*+1;;;+4/p-6. The summed E-state index contributed by atoms with van der Waals surface area (Å²) in [5.41, 5.74) is 0. The van der Waals surface area contributed by atoms with Gasteiger partial charge in [0.25, 0.3) is 0 Å². The Morgan fingerprint density at radius 1 is 0.615 bits per heavy atom. The van der Waals surface area contributed by atoms with Crippen LogP contribution >= 0.6 is 0 Å². The molecule has 0 unspecified atom stereocenters. The molecule has 0 fully saturated rings. The topological polar surface area (TPSA) is 172 Å². The van der Waals surface area contributed by atoms with Crippen LogP contribution < -0.4 is 24.6 Å². The Bertz CT molecular complexity index is 132. The maximum atomic E-state index is 8.61. The average Bonchev–Trinajstić information content (AvgIpc) is 1.12. The summed E-state index contributed by atoms with van der Waals surface area (Å²) >= 11 is -11.8. The Kier molecular flexibility index (Phi) is 29.5. The van der Waals surface area contributed by atoms with E-state index in [1.807, 2.05) is 0 Å². The van der Waals surface area contributed by atoms with Gasteiger partial charge in [0.15, 0.2) is 0 Å². The van der Waals surface area contributed by atoms with E-state index in [1.54, 1.807) is 0 Å². The fraction of sp³-hybridized carbons (Fsp3) is 0. The van der Waals surface area contributed by atoms with E-state index in [1.165, 1.54) is 0 Å². The third kappa shape index (κ3) is 303. The largest absolute Gasteiger partial charge is 4.00 e. The second kappa shape index (κ2) is 12.9. The summed E-state index contributed by atoms with van der Waals surface area (Å²) in [5, 5.41) is 0. The van der Waals surface area contributed by atoms with Crippen molar-refractivity contribution >= 4 is 29.0 Å². The van der Waals surface area contributed by atoms with E-state index < -0.39 is 29.0 Å². The van der Waals surface area contributed by atoms with Crippen molar-refractivity contribution in [2.24, 2.45) is 0 Å². The molecule has 0 aromatic carbocycles. The van der Waals surface area contributed by atoms with Gasteiger partial charge in [0, 0.05) is 0 Å². The first-order chi connectivity index (χ1) is 4.00. The van der Waals surface area contributed by atoms with Crippen molar-refractivity contribution in [3.8, 4) is 0 Å². The minimum Gasteiger partial charge on any atom is 1.00 e. The molecule has 0 saturated heterocycles. The fourth-order valence-electron chi connectivity index (χ4n) is 0. The van der Waals surface area contributed by atoms with E-state index in [4.69, 9.17) is 32.1 Å². The quantitative estimate of drug-likeness (QED) is 0.253. The summed E-state index contributed by atoms with van der Waals surface area (Å²) in [4.78, 5) is 0. The van der Waals surface area contributed by atoms with Crippen molar-refractivity contribution in [1.82, 2.24) is 0 Å². The predicted molar refractivity (Wildman–Crippen MR) is 12.9 cm³/mol. The molecule has 0 spiro atoms. The molecular formula is Ag2As2O8Zr. The molecule has 0 amide bonds. The predicted octanol–water partition coefficient (Wildman–Crippen LogP) is -8.14.